The predicted molar refractivity (Wildman–Crippen MR) is 126 cm³/mol. The van der Waals surface area contributed by atoms with Gasteiger partial charge in [-0.1, -0.05) is 76.7 Å². The zero-order valence-corrected chi connectivity index (χ0v) is 19.4. The molecule has 0 unspecified atom stereocenters. The summed E-state index contributed by atoms with van der Waals surface area (Å²) in [4.78, 5) is 3.69. The molecule has 1 heterocycles. The molecule has 0 fully saturated rings. The van der Waals surface area contributed by atoms with Gasteiger partial charge in [0, 0.05) is 21.2 Å². The Labute approximate surface area is 199 Å². The van der Waals surface area contributed by atoms with Crippen LogP contribution in [0.1, 0.15) is 0 Å². The van der Waals surface area contributed by atoms with E-state index in [2.05, 4.69) is 9.93 Å². The molecule has 4 rings (SSSR count). The number of sulfonamides is 1. The summed E-state index contributed by atoms with van der Waals surface area (Å²) in [6.07, 6.45) is 0. The first-order valence-electron chi connectivity index (χ1n) is 8.83. The summed E-state index contributed by atoms with van der Waals surface area (Å²) in [5.41, 5.74) is 1.95. The predicted octanol–water partition coefficient (Wildman–Crippen LogP) is 6.76. The molecular weight excluding hydrogens is 500 g/mol. The lowest BCUT2D eigenvalue weighted by molar-refractivity contribution is 0.592. The molecule has 1 N–H and O–H groups in total. The minimum atomic E-state index is -3.94. The van der Waals surface area contributed by atoms with Crippen molar-refractivity contribution in [3.05, 3.63) is 92.9 Å². The van der Waals surface area contributed by atoms with Crippen molar-refractivity contribution in [1.29, 1.82) is 0 Å². The smallest absolute Gasteiger partial charge is 0.200 e. The molecule has 0 atom stereocenters. The van der Waals surface area contributed by atoms with Gasteiger partial charge in [-0.3, -0.25) is 0 Å². The van der Waals surface area contributed by atoms with Gasteiger partial charge in [0.05, 0.1) is 26.3 Å². The highest BCUT2D eigenvalue weighted by atomic mass is 35.5. The SMILES string of the molecule is O=S(=O)(Nn1nc(-c2ccc(Cl)cc2)cc1-c1c(Cl)cc(Cl)cc1Cl)c1ccccc1. The molecule has 0 aliphatic carbocycles. The van der Waals surface area contributed by atoms with Gasteiger partial charge in [-0.05, 0) is 42.5 Å². The van der Waals surface area contributed by atoms with Gasteiger partial charge < -0.3 is 0 Å². The van der Waals surface area contributed by atoms with Gasteiger partial charge in [0.2, 0.25) is 0 Å². The Morgan fingerprint density at radius 1 is 0.774 bits per heavy atom. The number of rotatable bonds is 5. The van der Waals surface area contributed by atoms with Crippen LogP contribution in [0, 0.1) is 0 Å². The summed E-state index contributed by atoms with van der Waals surface area (Å²) < 4.78 is 25.8. The van der Waals surface area contributed by atoms with Crippen LogP contribution in [0.2, 0.25) is 20.1 Å². The average molecular weight is 513 g/mol. The van der Waals surface area contributed by atoms with Crippen molar-refractivity contribution in [1.82, 2.24) is 9.89 Å². The molecule has 158 valence electrons. The van der Waals surface area contributed by atoms with Gasteiger partial charge in [-0.25, -0.2) is 0 Å². The van der Waals surface area contributed by atoms with Gasteiger partial charge in [0.15, 0.2) is 0 Å². The summed E-state index contributed by atoms with van der Waals surface area (Å²) >= 11 is 24.8. The summed E-state index contributed by atoms with van der Waals surface area (Å²) in [6.45, 7) is 0. The van der Waals surface area contributed by atoms with Crippen LogP contribution in [-0.4, -0.2) is 18.3 Å². The third kappa shape index (κ3) is 4.68. The van der Waals surface area contributed by atoms with E-state index in [1.165, 1.54) is 24.3 Å². The zero-order chi connectivity index (χ0) is 22.2. The lowest BCUT2D eigenvalue weighted by Gasteiger charge is -2.13. The van der Waals surface area contributed by atoms with Crippen molar-refractivity contribution in [3.8, 4) is 22.5 Å². The number of nitrogens with one attached hydrogen (secondary N) is 1. The van der Waals surface area contributed by atoms with Crippen molar-refractivity contribution in [3.63, 3.8) is 0 Å². The third-order valence-electron chi connectivity index (χ3n) is 4.37. The maximum atomic E-state index is 12.9. The van der Waals surface area contributed by atoms with E-state index in [-0.39, 0.29) is 14.9 Å². The van der Waals surface area contributed by atoms with Crippen LogP contribution < -0.4 is 4.83 Å². The number of hydrogen-bond acceptors (Lipinski definition) is 3. The fraction of sp³-hybridized carbons (Fsp3) is 0. The van der Waals surface area contributed by atoms with Gasteiger partial charge >= 0.3 is 0 Å². The van der Waals surface area contributed by atoms with Crippen molar-refractivity contribution in [2.45, 2.75) is 4.90 Å². The normalized spacial score (nSPS) is 11.5. The summed E-state index contributed by atoms with van der Waals surface area (Å²) in [7, 11) is -3.94. The van der Waals surface area contributed by atoms with E-state index in [0.29, 0.717) is 27.0 Å². The minimum absolute atomic E-state index is 0.0813. The molecule has 0 saturated carbocycles. The lowest BCUT2D eigenvalue weighted by Crippen LogP contribution is -2.25. The van der Waals surface area contributed by atoms with E-state index in [9.17, 15) is 8.42 Å². The van der Waals surface area contributed by atoms with Crippen LogP contribution in [0.25, 0.3) is 22.5 Å². The van der Waals surface area contributed by atoms with Crippen LogP contribution in [0.4, 0.5) is 0 Å². The molecule has 0 amide bonds. The van der Waals surface area contributed by atoms with E-state index in [1.54, 1.807) is 48.5 Å². The van der Waals surface area contributed by atoms with Gasteiger partial charge in [0.1, 0.15) is 0 Å². The summed E-state index contributed by atoms with van der Waals surface area (Å²) in [5, 5.41) is 5.86. The molecule has 0 spiro atoms. The minimum Gasteiger partial charge on any atom is -0.200 e. The zero-order valence-electron chi connectivity index (χ0n) is 15.6. The number of hydrogen-bond donors (Lipinski definition) is 1. The molecule has 0 saturated heterocycles. The lowest BCUT2D eigenvalue weighted by atomic mass is 10.1. The highest BCUT2D eigenvalue weighted by Gasteiger charge is 2.22. The highest BCUT2D eigenvalue weighted by molar-refractivity contribution is 7.92. The second-order valence-corrected chi connectivity index (χ2v) is 9.83. The van der Waals surface area contributed by atoms with E-state index in [1.807, 2.05) is 0 Å². The molecule has 5 nitrogen and oxygen atoms in total. The van der Waals surface area contributed by atoms with Crippen molar-refractivity contribution < 1.29 is 8.42 Å². The monoisotopic (exact) mass is 511 g/mol. The standard InChI is InChI=1S/C21H13Cl4N3O2S/c22-14-8-6-13(7-9-14)19-12-20(21-17(24)10-15(23)11-18(21)25)28(26-19)27-31(29,30)16-4-2-1-3-5-16/h1-12,27H. The molecular formula is C21H13Cl4N3O2S. The molecule has 3 aromatic carbocycles. The Morgan fingerprint density at radius 2 is 1.39 bits per heavy atom. The Hall–Kier alpha value is -2.22. The second-order valence-electron chi connectivity index (χ2n) is 6.49. The fourth-order valence-corrected chi connectivity index (χ4v) is 5.07. The molecule has 0 radical (unpaired) electrons. The van der Waals surface area contributed by atoms with Gasteiger partial charge in [-0.15, -0.1) is 0 Å². The Balaban J connectivity index is 1.88. The Kier molecular flexibility index (Phi) is 6.19. The van der Waals surface area contributed by atoms with Crippen LogP contribution in [-0.2, 0) is 10.0 Å². The molecule has 4 aromatic rings. The maximum absolute atomic E-state index is 12.9. The van der Waals surface area contributed by atoms with Crippen LogP contribution >= 0.6 is 46.4 Å². The van der Waals surface area contributed by atoms with E-state index in [0.717, 1.165) is 10.4 Å². The largest absolute Gasteiger partial charge is 0.276 e. The highest BCUT2D eigenvalue weighted by Crippen LogP contribution is 2.38. The first-order valence-corrected chi connectivity index (χ1v) is 11.8. The molecule has 0 aliphatic heterocycles. The van der Waals surface area contributed by atoms with E-state index >= 15 is 0 Å². The number of aromatic nitrogens is 2. The number of nitrogens with zero attached hydrogens (tertiary/aromatic N) is 2. The van der Waals surface area contributed by atoms with Crippen molar-refractivity contribution >= 4 is 56.4 Å². The van der Waals surface area contributed by atoms with Crippen LogP contribution in [0.5, 0.6) is 0 Å². The van der Waals surface area contributed by atoms with Crippen LogP contribution in [0.15, 0.2) is 77.7 Å². The Bertz CT molecular complexity index is 1330. The first kappa shape index (κ1) is 22.0. The fourth-order valence-electron chi connectivity index (χ4n) is 2.94. The van der Waals surface area contributed by atoms with Crippen LogP contribution in [0.3, 0.4) is 0 Å². The van der Waals surface area contributed by atoms with Crippen molar-refractivity contribution in [2.24, 2.45) is 0 Å². The van der Waals surface area contributed by atoms with Crippen molar-refractivity contribution in [2.75, 3.05) is 4.83 Å². The maximum Gasteiger partial charge on any atom is 0.276 e. The number of halogens is 4. The van der Waals surface area contributed by atoms with Gasteiger partial charge in [-0.2, -0.15) is 23.1 Å². The molecule has 0 bridgehead atoms. The third-order valence-corrected chi connectivity index (χ3v) is 6.74. The Morgan fingerprint density at radius 3 is 2.00 bits per heavy atom. The quantitative estimate of drug-likeness (QED) is 0.321. The second kappa shape index (κ2) is 8.73. The first-order chi connectivity index (χ1) is 14.7. The molecule has 0 aliphatic rings. The molecule has 31 heavy (non-hydrogen) atoms. The molecule has 1 aromatic heterocycles. The van der Waals surface area contributed by atoms with Gasteiger partial charge in [0.25, 0.3) is 10.0 Å². The summed E-state index contributed by atoms with van der Waals surface area (Å²) in [6, 6.07) is 19.6. The average Bonchev–Trinajstić information content (AvgIpc) is 3.11. The summed E-state index contributed by atoms with van der Waals surface area (Å²) in [5.74, 6) is 0. The number of benzene rings is 3. The molecule has 10 heteroatoms. The van der Waals surface area contributed by atoms with E-state index < -0.39 is 10.0 Å². The topological polar surface area (TPSA) is 64.0 Å². The van der Waals surface area contributed by atoms with E-state index in [4.69, 9.17) is 46.4 Å².